The first kappa shape index (κ1) is 16.3. The van der Waals surface area contributed by atoms with Crippen LogP contribution in [0.25, 0.3) is 0 Å². The van der Waals surface area contributed by atoms with Gasteiger partial charge in [0.15, 0.2) is 0 Å². The number of aromatic nitrogens is 4. The summed E-state index contributed by atoms with van der Waals surface area (Å²) in [6.45, 7) is 7.25. The zero-order valence-electron chi connectivity index (χ0n) is 15.0. The Labute approximate surface area is 149 Å². The molecule has 2 aromatic heterocycles. The summed E-state index contributed by atoms with van der Waals surface area (Å²) >= 11 is 0. The molecule has 4 heterocycles. The van der Waals surface area contributed by atoms with Gasteiger partial charge in [0, 0.05) is 65.3 Å². The molecular weight excluding hydrogens is 314 g/mol. The Bertz CT molecular complexity index is 684. The molecule has 2 aliphatic heterocycles. The fourth-order valence-electron chi connectivity index (χ4n) is 3.68. The van der Waals surface area contributed by atoms with Gasteiger partial charge in [-0.05, 0) is 31.4 Å². The van der Waals surface area contributed by atoms with Gasteiger partial charge in [-0.25, -0.2) is 4.98 Å². The van der Waals surface area contributed by atoms with E-state index in [1.807, 2.05) is 30.2 Å². The first-order valence-corrected chi connectivity index (χ1v) is 9.32. The van der Waals surface area contributed by atoms with Crippen LogP contribution in [0.4, 0.5) is 11.8 Å². The SMILES string of the molecule is Cn1nccc1CN1CCN(c2ccnc(N3CCCCC3)n2)CC1. The van der Waals surface area contributed by atoms with Crippen molar-refractivity contribution in [3.05, 3.63) is 30.2 Å². The molecular formula is C18H27N7. The summed E-state index contributed by atoms with van der Waals surface area (Å²) in [7, 11) is 2.01. The second-order valence-electron chi connectivity index (χ2n) is 6.97. The monoisotopic (exact) mass is 341 g/mol. The summed E-state index contributed by atoms with van der Waals surface area (Å²) in [5, 5.41) is 4.26. The minimum absolute atomic E-state index is 0.898. The predicted molar refractivity (Wildman–Crippen MR) is 98.8 cm³/mol. The van der Waals surface area contributed by atoms with E-state index in [1.54, 1.807) is 0 Å². The van der Waals surface area contributed by atoms with E-state index < -0.39 is 0 Å². The van der Waals surface area contributed by atoms with E-state index >= 15 is 0 Å². The Morgan fingerprint density at radius 3 is 2.40 bits per heavy atom. The predicted octanol–water partition coefficient (Wildman–Crippen LogP) is 1.52. The number of aryl methyl sites for hydroxylation is 1. The average molecular weight is 341 g/mol. The lowest BCUT2D eigenvalue weighted by molar-refractivity contribution is 0.243. The van der Waals surface area contributed by atoms with Gasteiger partial charge in [-0.15, -0.1) is 0 Å². The third kappa shape index (κ3) is 3.76. The number of hydrogen-bond acceptors (Lipinski definition) is 6. The summed E-state index contributed by atoms with van der Waals surface area (Å²) in [5.74, 6) is 1.96. The third-order valence-electron chi connectivity index (χ3n) is 5.27. The standard InChI is InChI=1S/C18H27N7/c1-22-16(5-8-20-22)15-23-11-13-24(14-12-23)17-6-7-19-18(21-17)25-9-3-2-4-10-25/h5-8H,2-4,9-15H2,1H3. The van der Waals surface area contributed by atoms with Crippen molar-refractivity contribution in [3.8, 4) is 0 Å². The van der Waals surface area contributed by atoms with Gasteiger partial charge in [-0.3, -0.25) is 9.58 Å². The van der Waals surface area contributed by atoms with Crippen molar-refractivity contribution in [2.75, 3.05) is 49.1 Å². The summed E-state index contributed by atoms with van der Waals surface area (Å²) in [6.07, 6.45) is 7.61. The van der Waals surface area contributed by atoms with Crippen LogP contribution in [0.3, 0.4) is 0 Å². The molecule has 7 heteroatoms. The van der Waals surface area contributed by atoms with Gasteiger partial charge in [-0.2, -0.15) is 10.1 Å². The van der Waals surface area contributed by atoms with Gasteiger partial charge < -0.3 is 9.80 Å². The summed E-state index contributed by atoms with van der Waals surface area (Å²) < 4.78 is 1.96. The van der Waals surface area contributed by atoms with Gasteiger partial charge in [0.25, 0.3) is 0 Å². The smallest absolute Gasteiger partial charge is 0.227 e. The molecule has 0 bridgehead atoms. The van der Waals surface area contributed by atoms with E-state index in [4.69, 9.17) is 4.98 Å². The van der Waals surface area contributed by atoms with Crippen molar-refractivity contribution < 1.29 is 0 Å². The lowest BCUT2D eigenvalue weighted by Gasteiger charge is -2.35. The van der Waals surface area contributed by atoms with E-state index in [1.165, 1.54) is 25.0 Å². The van der Waals surface area contributed by atoms with Crippen LogP contribution in [0.2, 0.25) is 0 Å². The minimum atomic E-state index is 0.898. The Morgan fingerprint density at radius 1 is 0.880 bits per heavy atom. The van der Waals surface area contributed by atoms with E-state index in [9.17, 15) is 0 Å². The number of piperazine rings is 1. The molecule has 2 fully saturated rings. The van der Waals surface area contributed by atoms with Crippen molar-refractivity contribution >= 4 is 11.8 Å². The van der Waals surface area contributed by atoms with Crippen molar-refractivity contribution in [1.29, 1.82) is 0 Å². The molecule has 0 amide bonds. The van der Waals surface area contributed by atoms with E-state index in [2.05, 4.69) is 30.8 Å². The molecule has 0 N–H and O–H groups in total. The lowest BCUT2D eigenvalue weighted by Crippen LogP contribution is -2.46. The molecule has 0 aliphatic carbocycles. The molecule has 0 unspecified atom stereocenters. The molecule has 25 heavy (non-hydrogen) atoms. The quantitative estimate of drug-likeness (QED) is 0.840. The van der Waals surface area contributed by atoms with Crippen LogP contribution in [0, 0.1) is 0 Å². The fourth-order valence-corrected chi connectivity index (χ4v) is 3.68. The third-order valence-corrected chi connectivity index (χ3v) is 5.27. The van der Waals surface area contributed by atoms with Gasteiger partial charge >= 0.3 is 0 Å². The topological polar surface area (TPSA) is 53.3 Å². The molecule has 2 saturated heterocycles. The lowest BCUT2D eigenvalue weighted by atomic mass is 10.1. The number of nitrogens with zero attached hydrogens (tertiary/aromatic N) is 7. The molecule has 0 aromatic carbocycles. The van der Waals surface area contributed by atoms with Crippen molar-refractivity contribution in [2.45, 2.75) is 25.8 Å². The van der Waals surface area contributed by atoms with Gasteiger partial charge in [0.2, 0.25) is 5.95 Å². The zero-order chi connectivity index (χ0) is 17.1. The van der Waals surface area contributed by atoms with Crippen LogP contribution in [-0.2, 0) is 13.6 Å². The summed E-state index contributed by atoms with van der Waals surface area (Å²) in [4.78, 5) is 16.5. The van der Waals surface area contributed by atoms with E-state index in [0.717, 1.165) is 57.6 Å². The number of anilines is 2. The highest BCUT2D eigenvalue weighted by Crippen LogP contribution is 2.20. The number of rotatable bonds is 4. The highest BCUT2D eigenvalue weighted by Gasteiger charge is 2.20. The van der Waals surface area contributed by atoms with Crippen LogP contribution in [0.5, 0.6) is 0 Å². The molecule has 2 aliphatic rings. The van der Waals surface area contributed by atoms with Crippen molar-refractivity contribution in [1.82, 2.24) is 24.6 Å². The van der Waals surface area contributed by atoms with Crippen LogP contribution < -0.4 is 9.80 Å². The molecule has 7 nitrogen and oxygen atoms in total. The first-order valence-electron chi connectivity index (χ1n) is 9.32. The molecule has 0 atom stereocenters. The van der Waals surface area contributed by atoms with Crippen molar-refractivity contribution in [2.24, 2.45) is 7.05 Å². The van der Waals surface area contributed by atoms with Crippen LogP contribution >= 0.6 is 0 Å². The Balaban J connectivity index is 1.36. The molecule has 2 aromatic rings. The molecule has 0 radical (unpaired) electrons. The van der Waals surface area contributed by atoms with E-state index in [-0.39, 0.29) is 0 Å². The first-order chi connectivity index (χ1) is 12.3. The van der Waals surface area contributed by atoms with Gasteiger partial charge in [-0.1, -0.05) is 0 Å². The highest BCUT2D eigenvalue weighted by atomic mass is 15.3. The molecule has 0 spiro atoms. The Morgan fingerprint density at radius 2 is 1.68 bits per heavy atom. The minimum Gasteiger partial charge on any atom is -0.354 e. The number of piperidine rings is 1. The van der Waals surface area contributed by atoms with Gasteiger partial charge in [0.05, 0.1) is 5.69 Å². The largest absolute Gasteiger partial charge is 0.354 e. The number of hydrogen-bond donors (Lipinski definition) is 0. The maximum absolute atomic E-state index is 4.84. The Hall–Kier alpha value is -2.15. The van der Waals surface area contributed by atoms with Gasteiger partial charge in [0.1, 0.15) is 5.82 Å². The van der Waals surface area contributed by atoms with Crippen LogP contribution in [-0.4, -0.2) is 63.9 Å². The normalized spacial score (nSPS) is 19.4. The molecule has 0 saturated carbocycles. The summed E-state index contributed by atoms with van der Waals surface area (Å²) in [5.41, 5.74) is 1.27. The second kappa shape index (κ2) is 7.39. The average Bonchev–Trinajstić information content (AvgIpc) is 3.08. The summed E-state index contributed by atoms with van der Waals surface area (Å²) in [6, 6.07) is 4.14. The fraction of sp³-hybridized carbons (Fsp3) is 0.611. The van der Waals surface area contributed by atoms with E-state index in [0.29, 0.717) is 0 Å². The van der Waals surface area contributed by atoms with Crippen LogP contribution in [0.1, 0.15) is 25.0 Å². The van der Waals surface area contributed by atoms with Crippen LogP contribution in [0.15, 0.2) is 24.5 Å². The molecule has 4 rings (SSSR count). The zero-order valence-corrected chi connectivity index (χ0v) is 15.0. The van der Waals surface area contributed by atoms with Crippen molar-refractivity contribution in [3.63, 3.8) is 0 Å². The second-order valence-corrected chi connectivity index (χ2v) is 6.97. The maximum Gasteiger partial charge on any atom is 0.227 e. The molecule has 134 valence electrons. The Kier molecular flexibility index (Phi) is 4.83. The highest BCUT2D eigenvalue weighted by molar-refractivity contribution is 5.44. The maximum atomic E-state index is 4.84.